The first-order chi connectivity index (χ1) is 15.0. The van der Waals surface area contributed by atoms with Crippen molar-refractivity contribution in [3.63, 3.8) is 0 Å². The van der Waals surface area contributed by atoms with E-state index in [2.05, 4.69) is 5.32 Å². The Bertz CT molecular complexity index is 952. The molecule has 1 atom stereocenters. The lowest BCUT2D eigenvalue weighted by molar-refractivity contribution is -0.125. The summed E-state index contributed by atoms with van der Waals surface area (Å²) in [6.45, 7) is 4.55. The fourth-order valence-electron chi connectivity index (χ4n) is 4.29. The number of nitrogens with zero attached hydrogens (tertiary/aromatic N) is 1. The van der Waals surface area contributed by atoms with Crippen LogP contribution in [0.2, 0.25) is 0 Å². The molecule has 1 aliphatic heterocycles. The van der Waals surface area contributed by atoms with Gasteiger partial charge < -0.3 is 19.7 Å². The van der Waals surface area contributed by atoms with Gasteiger partial charge in [0.1, 0.15) is 18.1 Å². The number of carbonyl (C=O) groups is 2. The summed E-state index contributed by atoms with van der Waals surface area (Å²) in [6, 6.07) is 13.3. The number of carbonyl (C=O) groups excluding carboxylic acids is 2. The molecule has 1 fully saturated rings. The van der Waals surface area contributed by atoms with Crippen LogP contribution in [0, 0.1) is 12.8 Å². The quantitative estimate of drug-likeness (QED) is 0.732. The maximum atomic E-state index is 12.7. The zero-order valence-corrected chi connectivity index (χ0v) is 18.2. The van der Waals surface area contributed by atoms with E-state index < -0.39 is 6.10 Å². The highest BCUT2D eigenvalue weighted by molar-refractivity contribution is 6.00. The number of nitrogens with one attached hydrogen (secondary N) is 1. The minimum absolute atomic E-state index is 0.0722. The van der Waals surface area contributed by atoms with E-state index in [0.717, 1.165) is 37.0 Å². The lowest BCUT2D eigenvalue weighted by atomic mass is 9.88. The highest BCUT2D eigenvalue weighted by Gasteiger charge is 2.32. The molecule has 4 rings (SSSR count). The number of anilines is 2. The molecule has 31 heavy (non-hydrogen) atoms. The van der Waals surface area contributed by atoms with Crippen molar-refractivity contribution < 1.29 is 19.1 Å². The fourth-order valence-corrected chi connectivity index (χ4v) is 4.29. The van der Waals surface area contributed by atoms with E-state index in [1.54, 1.807) is 11.8 Å². The van der Waals surface area contributed by atoms with Gasteiger partial charge in [0.25, 0.3) is 5.91 Å². The van der Waals surface area contributed by atoms with Gasteiger partial charge in [0.15, 0.2) is 6.10 Å². The molecule has 2 aromatic carbocycles. The molecule has 0 bridgehead atoms. The summed E-state index contributed by atoms with van der Waals surface area (Å²) in [5.41, 5.74) is 2.53. The van der Waals surface area contributed by atoms with Crippen molar-refractivity contribution >= 4 is 23.2 Å². The first-order valence-electron chi connectivity index (χ1n) is 11.1. The Labute approximate surface area is 183 Å². The standard InChI is InChI=1S/C25H30N2O4/c1-17-7-6-10-21(15-17)30-14-13-27-22-12-11-20(16-23(22)31-18(2)25(27)29)26-24(28)19-8-4-3-5-9-19/h6-7,10-12,15-16,18-19H,3-5,8-9,13-14H2,1-2H3,(H,26,28). The maximum absolute atomic E-state index is 12.7. The molecule has 2 amide bonds. The van der Waals surface area contributed by atoms with Gasteiger partial charge in [-0.15, -0.1) is 0 Å². The molecular formula is C25H30N2O4. The molecule has 0 radical (unpaired) electrons. The Kier molecular flexibility index (Phi) is 6.44. The van der Waals surface area contributed by atoms with E-state index in [9.17, 15) is 9.59 Å². The van der Waals surface area contributed by atoms with Crippen molar-refractivity contribution in [1.82, 2.24) is 0 Å². The Morgan fingerprint density at radius 3 is 2.74 bits per heavy atom. The van der Waals surface area contributed by atoms with Crippen LogP contribution in [-0.2, 0) is 9.59 Å². The van der Waals surface area contributed by atoms with Crippen molar-refractivity contribution in [3.8, 4) is 11.5 Å². The molecule has 1 aliphatic carbocycles. The number of rotatable bonds is 6. The molecule has 164 valence electrons. The van der Waals surface area contributed by atoms with E-state index in [-0.39, 0.29) is 17.7 Å². The maximum Gasteiger partial charge on any atom is 0.267 e. The Hall–Kier alpha value is -3.02. The third-order valence-electron chi connectivity index (χ3n) is 5.98. The second-order valence-corrected chi connectivity index (χ2v) is 8.42. The number of hydrogen-bond donors (Lipinski definition) is 1. The van der Waals surface area contributed by atoms with E-state index in [1.807, 2.05) is 49.4 Å². The summed E-state index contributed by atoms with van der Waals surface area (Å²) in [7, 11) is 0. The predicted molar refractivity (Wildman–Crippen MR) is 121 cm³/mol. The Morgan fingerprint density at radius 2 is 1.97 bits per heavy atom. The number of ether oxygens (including phenoxy) is 2. The van der Waals surface area contributed by atoms with Gasteiger partial charge in [-0.1, -0.05) is 31.4 Å². The largest absolute Gasteiger partial charge is 0.492 e. The highest BCUT2D eigenvalue weighted by Crippen LogP contribution is 2.36. The van der Waals surface area contributed by atoms with Crippen molar-refractivity contribution in [3.05, 3.63) is 48.0 Å². The van der Waals surface area contributed by atoms with Crippen molar-refractivity contribution in [2.24, 2.45) is 5.92 Å². The van der Waals surface area contributed by atoms with E-state index in [1.165, 1.54) is 6.42 Å². The molecule has 6 heteroatoms. The molecule has 1 heterocycles. The average molecular weight is 423 g/mol. The molecule has 6 nitrogen and oxygen atoms in total. The summed E-state index contributed by atoms with van der Waals surface area (Å²) in [5, 5.41) is 3.03. The van der Waals surface area contributed by atoms with Crippen LogP contribution < -0.4 is 19.7 Å². The smallest absolute Gasteiger partial charge is 0.267 e. The van der Waals surface area contributed by atoms with Gasteiger partial charge in [-0.05, 0) is 56.5 Å². The van der Waals surface area contributed by atoms with Crippen LogP contribution >= 0.6 is 0 Å². The van der Waals surface area contributed by atoms with Gasteiger partial charge in [-0.25, -0.2) is 0 Å². The summed E-state index contributed by atoms with van der Waals surface area (Å²) in [4.78, 5) is 27.0. The lowest BCUT2D eigenvalue weighted by Crippen LogP contribution is -2.46. The van der Waals surface area contributed by atoms with Gasteiger partial charge in [-0.3, -0.25) is 9.59 Å². The topological polar surface area (TPSA) is 67.9 Å². The molecule has 1 saturated carbocycles. The van der Waals surface area contributed by atoms with Crippen LogP contribution in [0.3, 0.4) is 0 Å². The van der Waals surface area contributed by atoms with E-state index in [4.69, 9.17) is 9.47 Å². The minimum Gasteiger partial charge on any atom is -0.492 e. The molecule has 0 aromatic heterocycles. The van der Waals surface area contributed by atoms with Crippen LogP contribution in [0.25, 0.3) is 0 Å². The van der Waals surface area contributed by atoms with E-state index in [0.29, 0.717) is 30.3 Å². The number of amides is 2. The Balaban J connectivity index is 1.44. The van der Waals surface area contributed by atoms with Crippen LogP contribution in [-0.4, -0.2) is 31.1 Å². The Morgan fingerprint density at radius 1 is 1.16 bits per heavy atom. The van der Waals surface area contributed by atoms with Gasteiger partial charge in [0.05, 0.1) is 12.2 Å². The number of benzene rings is 2. The second kappa shape index (κ2) is 9.41. The average Bonchev–Trinajstić information content (AvgIpc) is 2.77. The van der Waals surface area contributed by atoms with Crippen molar-refractivity contribution in [2.75, 3.05) is 23.4 Å². The summed E-state index contributed by atoms with van der Waals surface area (Å²) in [6.07, 6.45) is 4.76. The first-order valence-corrected chi connectivity index (χ1v) is 11.1. The van der Waals surface area contributed by atoms with Gasteiger partial charge in [-0.2, -0.15) is 0 Å². The first kappa shape index (κ1) is 21.2. The molecule has 2 aromatic rings. The number of fused-ring (bicyclic) bond motifs is 1. The summed E-state index contributed by atoms with van der Waals surface area (Å²) in [5.74, 6) is 1.45. The summed E-state index contributed by atoms with van der Waals surface area (Å²) >= 11 is 0. The monoisotopic (exact) mass is 422 g/mol. The van der Waals surface area contributed by atoms with E-state index >= 15 is 0 Å². The molecule has 2 aliphatic rings. The molecule has 1 N–H and O–H groups in total. The lowest BCUT2D eigenvalue weighted by Gasteiger charge is -2.33. The molecule has 0 saturated heterocycles. The van der Waals surface area contributed by atoms with Crippen LogP contribution in [0.5, 0.6) is 11.5 Å². The second-order valence-electron chi connectivity index (χ2n) is 8.42. The van der Waals surface area contributed by atoms with Gasteiger partial charge >= 0.3 is 0 Å². The van der Waals surface area contributed by atoms with Gasteiger partial charge in [0.2, 0.25) is 5.91 Å². The third-order valence-corrected chi connectivity index (χ3v) is 5.98. The number of hydrogen-bond acceptors (Lipinski definition) is 4. The molecule has 0 spiro atoms. The van der Waals surface area contributed by atoms with Crippen molar-refractivity contribution in [1.29, 1.82) is 0 Å². The zero-order chi connectivity index (χ0) is 21.8. The highest BCUT2D eigenvalue weighted by atomic mass is 16.5. The van der Waals surface area contributed by atoms with Crippen LogP contribution in [0.4, 0.5) is 11.4 Å². The van der Waals surface area contributed by atoms with Crippen LogP contribution in [0.1, 0.15) is 44.6 Å². The van der Waals surface area contributed by atoms with Gasteiger partial charge in [0, 0.05) is 17.7 Å². The normalized spacial score (nSPS) is 18.8. The number of aryl methyl sites for hydroxylation is 1. The predicted octanol–water partition coefficient (Wildman–Crippen LogP) is 4.71. The fraction of sp³-hybridized carbons (Fsp3) is 0.440. The van der Waals surface area contributed by atoms with Crippen molar-refractivity contribution in [2.45, 2.75) is 52.1 Å². The van der Waals surface area contributed by atoms with Crippen LogP contribution in [0.15, 0.2) is 42.5 Å². The third kappa shape index (κ3) is 5.01. The minimum atomic E-state index is -0.587. The molecule has 1 unspecified atom stereocenters. The summed E-state index contributed by atoms with van der Waals surface area (Å²) < 4.78 is 11.7. The molecular weight excluding hydrogens is 392 g/mol. The SMILES string of the molecule is Cc1cccc(OCCN2C(=O)C(C)Oc3cc(NC(=O)C4CCCCC4)ccc32)c1. The zero-order valence-electron chi connectivity index (χ0n) is 18.2.